The molecule has 4 heteroatoms. The van der Waals surface area contributed by atoms with E-state index >= 15 is 0 Å². The SMILES string of the molecule is CN(C)c1ccc(-c2c3ccc(=N)cc-3oc3cc(N)ccc23)cc1. The molecule has 0 amide bonds. The molecule has 1 aliphatic heterocycles. The molecule has 2 aromatic rings. The molecule has 1 aliphatic carbocycles. The van der Waals surface area contributed by atoms with Crippen molar-refractivity contribution in [3.05, 3.63) is 66.0 Å². The van der Waals surface area contributed by atoms with Gasteiger partial charge >= 0.3 is 0 Å². The van der Waals surface area contributed by atoms with Crippen LogP contribution in [0.1, 0.15) is 0 Å². The number of hydrogen-bond acceptors (Lipinski definition) is 4. The third-order valence-electron chi connectivity index (χ3n) is 4.42. The van der Waals surface area contributed by atoms with E-state index in [0.29, 0.717) is 16.8 Å². The minimum atomic E-state index is 0.424. The van der Waals surface area contributed by atoms with Crippen LogP contribution in [-0.4, -0.2) is 14.1 Å². The Morgan fingerprint density at radius 3 is 2.40 bits per heavy atom. The summed E-state index contributed by atoms with van der Waals surface area (Å²) in [6.07, 6.45) is 0. The number of nitrogens with two attached hydrogens (primary N) is 1. The lowest BCUT2D eigenvalue weighted by Gasteiger charge is -2.17. The van der Waals surface area contributed by atoms with Crippen molar-refractivity contribution < 1.29 is 4.42 Å². The molecule has 0 saturated heterocycles. The Kier molecular flexibility index (Phi) is 3.46. The monoisotopic (exact) mass is 329 g/mol. The van der Waals surface area contributed by atoms with E-state index in [9.17, 15) is 0 Å². The van der Waals surface area contributed by atoms with E-state index in [1.54, 1.807) is 12.1 Å². The number of nitrogens with zero attached hydrogens (tertiary/aromatic N) is 1. The molecule has 25 heavy (non-hydrogen) atoms. The molecular weight excluding hydrogens is 310 g/mol. The van der Waals surface area contributed by atoms with E-state index in [4.69, 9.17) is 15.6 Å². The smallest absolute Gasteiger partial charge is 0.137 e. The minimum absolute atomic E-state index is 0.424. The van der Waals surface area contributed by atoms with Gasteiger partial charge in [0, 0.05) is 54.1 Å². The molecular formula is C21H19N3O. The van der Waals surface area contributed by atoms with Crippen LogP contribution in [0.4, 0.5) is 11.4 Å². The maximum absolute atomic E-state index is 7.89. The Labute approximate surface area is 146 Å². The lowest BCUT2D eigenvalue weighted by Crippen LogP contribution is -2.08. The van der Waals surface area contributed by atoms with Crippen LogP contribution in [0.25, 0.3) is 33.4 Å². The van der Waals surface area contributed by atoms with Gasteiger partial charge in [-0.2, -0.15) is 0 Å². The van der Waals surface area contributed by atoms with Crippen molar-refractivity contribution in [1.82, 2.24) is 0 Å². The predicted octanol–water partition coefficient (Wildman–Crippen LogP) is 4.33. The van der Waals surface area contributed by atoms with Crippen LogP contribution < -0.4 is 16.0 Å². The van der Waals surface area contributed by atoms with E-state index < -0.39 is 0 Å². The summed E-state index contributed by atoms with van der Waals surface area (Å²) in [6, 6.07) is 19.7. The molecule has 4 rings (SSSR count). The molecule has 3 N–H and O–H groups in total. The van der Waals surface area contributed by atoms with Gasteiger partial charge in [0.15, 0.2) is 0 Å². The highest BCUT2D eigenvalue weighted by Gasteiger charge is 2.17. The fourth-order valence-electron chi connectivity index (χ4n) is 3.14. The molecule has 0 fully saturated rings. The predicted molar refractivity (Wildman–Crippen MR) is 103 cm³/mol. The summed E-state index contributed by atoms with van der Waals surface area (Å²) in [4.78, 5) is 2.08. The van der Waals surface area contributed by atoms with Crippen LogP contribution in [-0.2, 0) is 0 Å². The van der Waals surface area contributed by atoms with Gasteiger partial charge < -0.3 is 20.5 Å². The van der Waals surface area contributed by atoms with Gasteiger partial charge in [0.05, 0.1) is 5.36 Å². The first-order valence-corrected chi connectivity index (χ1v) is 8.11. The second kappa shape index (κ2) is 5.67. The lowest BCUT2D eigenvalue weighted by atomic mass is 9.93. The van der Waals surface area contributed by atoms with Gasteiger partial charge in [0.1, 0.15) is 11.3 Å². The Balaban J connectivity index is 2.07. The molecule has 4 nitrogen and oxygen atoms in total. The Bertz CT molecular complexity index is 1090. The second-order valence-corrected chi connectivity index (χ2v) is 6.38. The van der Waals surface area contributed by atoms with Crippen molar-refractivity contribution >= 4 is 22.3 Å². The zero-order valence-electron chi connectivity index (χ0n) is 14.2. The van der Waals surface area contributed by atoms with E-state index in [2.05, 4.69) is 29.2 Å². The zero-order valence-corrected chi connectivity index (χ0v) is 14.2. The molecule has 0 aromatic heterocycles. The Morgan fingerprint density at radius 1 is 0.920 bits per heavy atom. The molecule has 0 unspecified atom stereocenters. The summed E-state index contributed by atoms with van der Waals surface area (Å²) in [5.74, 6) is 0.692. The second-order valence-electron chi connectivity index (χ2n) is 6.38. The van der Waals surface area contributed by atoms with Crippen LogP contribution in [0.5, 0.6) is 0 Å². The highest BCUT2D eigenvalue weighted by atomic mass is 16.3. The first-order valence-electron chi connectivity index (χ1n) is 8.11. The van der Waals surface area contributed by atoms with Gasteiger partial charge in [-0.25, -0.2) is 0 Å². The highest BCUT2D eigenvalue weighted by molar-refractivity contribution is 6.02. The summed E-state index contributed by atoms with van der Waals surface area (Å²) in [7, 11) is 4.06. The third-order valence-corrected chi connectivity index (χ3v) is 4.42. The first-order chi connectivity index (χ1) is 12.0. The van der Waals surface area contributed by atoms with E-state index in [-0.39, 0.29) is 0 Å². The first kappa shape index (κ1) is 15.3. The number of nitrogen functional groups attached to an aromatic ring is 1. The van der Waals surface area contributed by atoms with Crippen molar-refractivity contribution in [2.24, 2.45) is 0 Å². The van der Waals surface area contributed by atoms with Gasteiger partial charge in [-0.15, -0.1) is 0 Å². The number of fused-ring (bicyclic) bond motifs is 2. The number of hydrogen-bond donors (Lipinski definition) is 2. The van der Waals surface area contributed by atoms with Gasteiger partial charge in [-0.05, 0) is 42.0 Å². The quantitative estimate of drug-likeness (QED) is 0.425. The van der Waals surface area contributed by atoms with Crippen molar-refractivity contribution in [2.45, 2.75) is 0 Å². The van der Waals surface area contributed by atoms with E-state index in [0.717, 1.165) is 33.3 Å². The lowest BCUT2D eigenvalue weighted by molar-refractivity contribution is 0.619. The van der Waals surface area contributed by atoms with Crippen LogP contribution in [0.2, 0.25) is 0 Å². The minimum Gasteiger partial charge on any atom is -0.456 e. The summed E-state index contributed by atoms with van der Waals surface area (Å²) in [6.45, 7) is 0. The molecule has 1 heterocycles. The van der Waals surface area contributed by atoms with Crippen LogP contribution in [0.3, 0.4) is 0 Å². The standard InChI is InChI=1S/C21H19N3O/c1-24(2)16-7-3-13(4-8-16)21-17-9-5-14(22)11-19(17)25-20-12-15(23)6-10-18(20)21/h3-12,22H,23H2,1-2H3. The largest absolute Gasteiger partial charge is 0.456 e. The molecule has 0 atom stereocenters. The van der Waals surface area contributed by atoms with Crippen LogP contribution in [0.15, 0.2) is 65.1 Å². The fraction of sp³-hybridized carbons (Fsp3) is 0.0952. The van der Waals surface area contributed by atoms with Gasteiger partial charge in [-0.3, -0.25) is 0 Å². The van der Waals surface area contributed by atoms with Crippen molar-refractivity contribution in [3.8, 4) is 22.5 Å². The van der Waals surface area contributed by atoms with Crippen molar-refractivity contribution in [3.63, 3.8) is 0 Å². The van der Waals surface area contributed by atoms with Crippen molar-refractivity contribution in [2.75, 3.05) is 24.7 Å². The average Bonchev–Trinajstić information content (AvgIpc) is 2.59. The summed E-state index contributed by atoms with van der Waals surface area (Å²) in [5, 5.41) is 9.32. The molecule has 0 saturated carbocycles. The summed E-state index contributed by atoms with van der Waals surface area (Å²) < 4.78 is 6.02. The van der Waals surface area contributed by atoms with Crippen LogP contribution >= 0.6 is 0 Å². The number of benzene rings is 3. The Morgan fingerprint density at radius 2 is 1.68 bits per heavy atom. The molecule has 0 bridgehead atoms. The van der Waals surface area contributed by atoms with Gasteiger partial charge in [-0.1, -0.05) is 12.1 Å². The topological polar surface area (TPSA) is 66.2 Å². The van der Waals surface area contributed by atoms with E-state index in [1.807, 2.05) is 38.4 Å². The molecule has 0 radical (unpaired) electrons. The molecule has 124 valence electrons. The maximum atomic E-state index is 7.89. The number of rotatable bonds is 2. The van der Waals surface area contributed by atoms with Gasteiger partial charge in [0.2, 0.25) is 0 Å². The molecule has 0 spiro atoms. The number of nitrogens with one attached hydrogen (secondary N) is 1. The zero-order chi connectivity index (χ0) is 17.6. The maximum Gasteiger partial charge on any atom is 0.137 e. The van der Waals surface area contributed by atoms with Gasteiger partial charge in [0.25, 0.3) is 0 Å². The number of anilines is 2. The average molecular weight is 329 g/mol. The fourth-order valence-corrected chi connectivity index (χ4v) is 3.14. The molecule has 2 aromatic carbocycles. The third kappa shape index (κ3) is 2.62. The Hall–Kier alpha value is -3.27. The normalized spacial score (nSPS) is 11.1. The van der Waals surface area contributed by atoms with Crippen LogP contribution in [0, 0.1) is 5.41 Å². The highest BCUT2D eigenvalue weighted by Crippen LogP contribution is 2.40. The van der Waals surface area contributed by atoms with Crippen molar-refractivity contribution in [1.29, 1.82) is 5.41 Å². The van der Waals surface area contributed by atoms with E-state index in [1.165, 1.54) is 0 Å². The molecule has 2 aliphatic rings. The summed E-state index contributed by atoms with van der Waals surface area (Å²) in [5.41, 5.74) is 11.7. The summed E-state index contributed by atoms with van der Waals surface area (Å²) >= 11 is 0.